The van der Waals surface area contributed by atoms with Gasteiger partial charge in [0.1, 0.15) is 0 Å². The highest BCUT2D eigenvalue weighted by atomic mass is 35.5. The summed E-state index contributed by atoms with van der Waals surface area (Å²) in [7, 11) is 3.73. The molecular weight excluding hydrogens is 301 g/mol. The monoisotopic (exact) mass is 327 g/mol. The van der Waals surface area contributed by atoms with E-state index >= 15 is 0 Å². The van der Waals surface area contributed by atoms with Gasteiger partial charge in [-0.3, -0.25) is 9.69 Å². The lowest BCUT2D eigenvalue weighted by molar-refractivity contribution is -0.129. The highest BCUT2D eigenvalue weighted by molar-refractivity contribution is 5.85. The molecule has 0 saturated carbocycles. The number of nitrogens with zero attached hydrogens (tertiary/aromatic N) is 1. The van der Waals surface area contributed by atoms with E-state index in [1.54, 1.807) is 7.05 Å². The van der Waals surface area contributed by atoms with Crippen LogP contribution in [0.1, 0.15) is 25.7 Å². The molecule has 2 fully saturated rings. The fourth-order valence-corrected chi connectivity index (χ4v) is 3.04. The summed E-state index contributed by atoms with van der Waals surface area (Å²) in [5, 5.41) is 6.07. The van der Waals surface area contributed by atoms with Gasteiger partial charge in [0.15, 0.2) is 0 Å². The van der Waals surface area contributed by atoms with Crippen LogP contribution in [0.4, 0.5) is 0 Å². The summed E-state index contributed by atoms with van der Waals surface area (Å²) >= 11 is 0. The summed E-state index contributed by atoms with van der Waals surface area (Å²) in [6.07, 6.45) is 4.28. The normalized spacial score (nSPS) is 24.6. The Labute approximate surface area is 134 Å². The molecular formula is C13H27Cl2N3O2. The van der Waals surface area contributed by atoms with Crippen molar-refractivity contribution in [1.29, 1.82) is 0 Å². The van der Waals surface area contributed by atoms with Crippen molar-refractivity contribution in [3.05, 3.63) is 0 Å². The predicted molar refractivity (Wildman–Crippen MR) is 85.0 cm³/mol. The maximum Gasteiger partial charge on any atom is 0.233 e. The van der Waals surface area contributed by atoms with Crippen molar-refractivity contribution in [2.24, 2.45) is 0 Å². The van der Waals surface area contributed by atoms with E-state index < -0.39 is 0 Å². The van der Waals surface area contributed by atoms with E-state index in [-0.39, 0.29) is 36.3 Å². The molecule has 0 radical (unpaired) electrons. The molecule has 2 aliphatic heterocycles. The van der Waals surface area contributed by atoms with Gasteiger partial charge in [0.25, 0.3) is 0 Å². The molecule has 0 aromatic heterocycles. The lowest BCUT2D eigenvalue weighted by atomic mass is 9.82. The molecule has 0 aliphatic carbocycles. The number of halogens is 2. The van der Waals surface area contributed by atoms with E-state index in [4.69, 9.17) is 4.74 Å². The zero-order valence-corrected chi connectivity index (χ0v) is 13.9. The van der Waals surface area contributed by atoms with E-state index in [1.165, 1.54) is 0 Å². The van der Waals surface area contributed by atoms with Gasteiger partial charge in [0.05, 0.1) is 12.1 Å². The van der Waals surface area contributed by atoms with Crippen molar-refractivity contribution in [1.82, 2.24) is 15.5 Å². The van der Waals surface area contributed by atoms with Crippen LogP contribution in [0.2, 0.25) is 0 Å². The van der Waals surface area contributed by atoms with Crippen LogP contribution in [0.25, 0.3) is 0 Å². The Kier molecular flexibility index (Phi) is 9.02. The van der Waals surface area contributed by atoms with E-state index in [1.807, 2.05) is 7.05 Å². The van der Waals surface area contributed by atoms with E-state index in [9.17, 15) is 4.79 Å². The van der Waals surface area contributed by atoms with Crippen LogP contribution in [0.15, 0.2) is 0 Å². The topological polar surface area (TPSA) is 53.6 Å². The first-order valence-electron chi connectivity index (χ1n) is 6.91. The minimum atomic E-state index is 0. The summed E-state index contributed by atoms with van der Waals surface area (Å²) in [6, 6.07) is 0.467. The highest BCUT2D eigenvalue weighted by Crippen LogP contribution is 2.34. The third kappa shape index (κ3) is 5.04. The van der Waals surface area contributed by atoms with Gasteiger partial charge in [-0.1, -0.05) is 0 Å². The third-order valence-electron chi connectivity index (χ3n) is 4.28. The number of nitrogens with one attached hydrogen (secondary N) is 2. The van der Waals surface area contributed by atoms with E-state index in [0.717, 1.165) is 45.4 Å². The Morgan fingerprint density at radius 1 is 1.40 bits per heavy atom. The average molecular weight is 328 g/mol. The Balaban J connectivity index is 0.00000180. The Hall–Kier alpha value is -0.0700. The third-order valence-corrected chi connectivity index (χ3v) is 4.28. The number of hydrogen-bond acceptors (Lipinski definition) is 4. The zero-order chi connectivity index (χ0) is 13.0. The number of amides is 1. The molecule has 2 saturated heterocycles. The molecule has 0 aromatic rings. The number of carbonyl (C=O) groups is 1. The highest BCUT2D eigenvalue weighted by Gasteiger charge is 2.39. The lowest BCUT2D eigenvalue weighted by Crippen LogP contribution is -2.53. The van der Waals surface area contributed by atoms with Crippen LogP contribution in [0.5, 0.6) is 0 Å². The van der Waals surface area contributed by atoms with Crippen LogP contribution < -0.4 is 10.6 Å². The van der Waals surface area contributed by atoms with Crippen LogP contribution in [-0.2, 0) is 9.53 Å². The number of ether oxygens (including phenoxy) is 1. The Morgan fingerprint density at radius 2 is 2.05 bits per heavy atom. The first-order valence-corrected chi connectivity index (χ1v) is 6.91. The second kappa shape index (κ2) is 9.05. The van der Waals surface area contributed by atoms with Crippen LogP contribution in [0, 0.1) is 0 Å². The van der Waals surface area contributed by atoms with Gasteiger partial charge in [-0.2, -0.15) is 0 Å². The van der Waals surface area contributed by atoms with Gasteiger partial charge in [0.2, 0.25) is 5.91 Å². The first kappa shape index (κ1) is 19.9. The van der Waals surface area contributed by atoms with Gasteiger partial charge in [0, 0.05) is 19.7 Å². The van der Waals surface area contributed by atoms with Crippen molar-refractivity contribution < 1.29 is 9.53 Å². The number of hydrogen-bond donors (Lipinski definition) is 2. The molecule has 1 unspecified atom stereocenters. The smallest absolute Gasteiger partial charge is 0.233 e. The summed E-state index contributed by atoms with van der Waals surface area (Å²) in [4.78, 5) is 13.6. The second-order valence-corrected chi connectivity index (χ2v) is 5.52. The van der Waals surface area contributed by atoms with Crippen LogP contribution in [-0.4, -0.2) is 62.8 Å². The van der Waals surface area contributed by atoms with Crippen molar-refractivity contribution >= 4 is 30.7 Å². The lowest BCUT2D eigenvalue weighted by Gasteiger charge is -2.45. The van der Waals surface area contributed by atoms with E-state index in [0.29, 0.717) is 12.6 Å². The SMILES string of the molecule is CNC(=O)CN(C)C1CCOC2(CCNCC2)C1.Cl.Cl. The van der Waals surface area contributed by atoms with Gasteiger partial charge >= 0.3 is 0 Å². The second-order valence-electron chi connectivity index (χ2n) is 5.52. The number of likely N-dealkylation sites (N-methyl/N-ethyl adjacent to an activating group) is 2. The summed E-state index contributed by atoms with van der Waals surface area (Å²) in [5.74, 6) is 0.0864. The minimum absolute atomic E-state index is 0. The fraction of sp³-hybridized carbons (Fsp3) is 0.923. The molecule has 2 N–H and O–H groups in total. The summed E-state index contributed by atoms with van der Waals surface area (Å²) in [6.45, 7) is 3.40. The number of carbonyl (C=O) groups excluding carboxylic acids is 1. The van der Waals surface area contributed by atoms with Crippen molar-refractivity contribution in [3.63, 3.8) is 0 Å². The molecule has 2 aliphatic rings. The number of piperidine rings is 1. The fourth-order valence-electron chi connectivity index (χ4n) is 3.04. The average Bonchev–Trinajstić information content (AvgIpc) is 2.39. The van der Waals surface area contributed by atoms with Gasteiger partial charge in [-0.15, -0.1) is 24.8 Å². The maximum absolute atomic E-state index is 11.4. The molecule has 0 bridgehead atoms. The zero-order valence-electron chi connectivity index (χ0n) is 12.3. The van der Waals surface area contributed by atoms with Crippen molar-refractivity contribution in [2.45, 2.75) is 37.3 Å². The molecule has 7 heteroatoms. The van der Waals surface area contributed by atoms with E-state index in [2.05, 4.69) is 15.5 Å². The molecule has 1 amide bonds. The molecule has 120 valence electrons. The van der Waals surface area contributed by atoms with Crippen LogP contribution in [0.3, 0.4) is 0 Å². The molecule has 1 atom stereocenters. The Bertz CT molecular complexity index is 294. The molecule has 5 nitrogen and oxygen atoms in total. The van der Waals surface area contributed by atoms with Crippen LogP contribution >= 0.6 is 24.8 Å². The molecule has 20 heavy (non-hydrogen) atoms. The standard InChI is InChI=1S/C13H25N3O2.2ClH/c1-14-12(17)10-16(2)11-3-8-18-13(9-11)4-6-15-7-5-13;;/h11,15H,3-10H2,1-2H3,(H,14,17);2*1H. The minimum Gasteiger partial charge on any atom is -0.375 e. The maximum atomic E-state index is 11.4. The molecule has 2 heterocycles. The Morgan fingerprint density at radius 3 is 2.65 bits per heavy atom. The summed E-state index contributed by atoms with van der Waals surface area (Å²) in [5.41, 5.74) is 0.0606. The van der Waals surface area contributed by atoms with Gasteiger partial charge in [-0.05, 0) is 45.8 Å². The van der Waals surface area contributed by atoms with Crippen molar-refractivity contribution in [2.75, 3.05) is 40.3 Å². The summed E-state index contributed by atoms with van der Waals surface area (Å²) < 4.78 is 6.05. The molecule has 1 spiro atoms. The first-order chi connectivity index (χ1) is 8.65. The molecule has 0 aromatic carbocycles. The molecule has 2 rings (SSSR count). The van der Waals surface area contributed by atoms with Crippen molar-refractivity contribution in [3.8, 4) is 0 Å². The largest absolute Gasteiger partial charge is 0.375 e. The van der Waals surface area contributed by atoms with Gasteiger partial charge < -0.3 is 15.4 Å². The predicted octanol–water partition coefficient (Wildman–Crippen LogP) is 0.809. The van der Waals surface area contributed by atoms with Gasteiger partial charge in [-0.25, -0.2) is 0 Å². The quantitative estimate of drug-likeness (QED) is 0.805. The number of rotatable bonds is 3.